The number of allylic oxidation sites excluding steroid dienone is 2. The Kier molecular flexibility index (Phi) is 2.04. The van der Waals surface area contributed by atoms with Crippen molar-refractivity contribution in [3.8, 4) is 0 Å². The van der Waals surface area contributed by atoms with Gasteiger partial charge in [0.25, 0.3) is 0 Å². The maximum atomic E-state index is 12.4. The van der Waals surface area contributed by atoms with Crippen LogP contribution in [-0.2, 0) is 4.79 Å². The SMILES string of the molecule is C[C@H]1C[C@@H](O)[C@@H]2[C@H]3[C@H]1[C@@]2(C)C(=O)C=CC3(C)C. The summed E-state index contributed by atoms with van der Waals surface area (Å²) < 4.78 is 0. The van der Waals surface area contributed by atoms with E-state index >= 15 is 0 Å². The number of ketones is 1. The summed E-state index contributed by atoms with van der Waals surface area (Å²) in [6.45, 7) is 8.68. The molecule has 2 heteroatoms. The molecule has 4 aliphatic rings. The Balaban J connectivity index is 2.14. The minimum atomic E-state index is -0.300. The van der Waals surface area contributed by atoms with Crippen molar-refractivity contribution in [2.45, 2.75) is 40.2 Å². The minimum absolute atomic E-state index is 0.0384. The molecular formula is C15H22O2. The van der Waals surface area contributed by atoms with Gasteiger partial charge in [-0.3, -0.25) is 4.79 Å². The van der Waals surface area contributed by atoms with Crippen LogP contribution >= 0.6 is 0 Å². The third kappa shape index (κ3) is 1.13. The number of carbonyl (C=O) groups is 1. The lowest BCUT2D eigenvalue weighted by Gasteiger charge is -2.68. The topological polar surface area (TPSA) is 37.3 Å². The predicted molar refractivity (Wildman–Crippen MR) is 66.3 cm³/mol. The third-order valence-corrected chi connectivity index (χ3v) is 5.85. The molecular weight excluding hydrogens is 212 g/mol. The van der Waals surface area contributed by atoms with E-state index in [0.717, 1.165) is 6.42 Å². The maximum Gasteiger partial charge on any atom is 0.161 e. The molecule has 0 aromatic heterocycles. The van der Waals surface area contributed by atoms with Crippen LogP contribution in [0.15, 0.2) is 12.2 Å². The van der Waals surface area contributed by atoms with E-state index in [9.17, 15) is 9.90 Å². The first-order valence-corrected chi connectivity index (χ1v) is 6.72. The number of aliphatic hydroxyl groups excluding tert-OH is 1. The normalized spacial score (nSPS) is 55.1. The van der Waals surface area contributed by atoms with Crippen LogP contribution < -0.4 is 0 Å². The van der Waals surface area contributed by atoms with Crippen molar-refractivity contribution in [1.82, 2.24) is 0 Å². The molecule has 0 spiro atoms. The van der Waals surface area contributed by atoms with Crippen molar-refractivity contribution in [1.29, 1.82) is 0 Å². The number of hydrogen-bond acceptors (Lipinski definition) is 2. The van der Waals surface area contributed by atoms with Crippen LogP contribution in [0.2, 0.25) is 0 Å². The molecule has 1 N–H and O–H groups in total. The summed E-state index contributed by atoms with van der Waals surface area (Å²) in [6, 6.07) is 0. The highest BCUT2D eigenvalue weighted by Gasteiger charge is 2.71. The Bertz CT molecular complexity index is 391. The molecule has 6 atom stereocenters. The Hall–Kier alpha value is -0.630. The van der Waals surface area contributed by atoms with E-state index in [1.165, 1.54) is 0 Å². The number of carbonyl (C=O) groups excluding carboxylic acids is 1. The summed E-state index contributed by atoms with van der Waals surface area (Å²) in [7, 11) is 0. The van der Waals surface area contributed by atoms with E-state index < -0.39 is 0 Å². The van der Waals surface area contributed by atoms with E-state index in [0.29, 0.717) is 17.8 Å². The summed E-state index contributed by atoms with van der Waals surface area (Å²) in [5.41, 5.74) is -0.261. The second-order valence-corrected chi connectivity index (χ2v) is 7.16. The van der Waals surface area contributed by atoms with Gasteiger partial charge in [-0.25, -0.2) is 0 Å². The average Bonchev–Trinajstić information content (AvgIpc) is 2.32. The lowest BCUT2D eigenvalue weighted by atomic mass is 9.35. The Morgan fingerprint density at radius 1 is 1.24 bits per heavy atom. The Morgan fingerprint density at radius 2 is 1.88 bits per heavy atom. The van der Waals surface area contributed by atoms with Crippen molar-refractivity contribution < 1.29 is 9.90 Å². The first kappa shape index (κ1) is 11.5. The lowest BCUT2D eigenvalue weighted by Crippen LogP contribution is -2.70. The van der Waals surface area contributed by atoms with Crippen LogP contribution in [0, 0.1) is 34.5 Å². The fraction of sp³-hybridized carbons (Fsp3) is 0.800. The van der Waals surface area contributed by atoms with Crippen LogP contribution in [0.3, 0.4) is 0 Å². The van der Waals surface area contributed by atoms with Gasteiger partial charge in [0.1, 0.15) is 0 Å². The highest BCUT2D eigenvalue weighted by Crippen LogP contribution is 2.71. The monoisotopic (exact) mass is 234 g/mol. The summed E-state index contributed by atoms with van der Waals surface area (Å²) >= 11 is 0. The molecule has 4 rings (SSSR count). The molecule has 0 unspecified atom stereocenters. The molecule has 94 valence electrons. The Morgan fingerprint density at radius 3 is 2.47 bits per heavy atom. The van der Waals surface area contributed by atoms with Crippen molar-refractivity contribution in [2.24, 2.45) is 34.5 Å². The van der Waals surface area contributed by atoms with Crippen LogP contribution in [-0.4, -0.2) is 17.0 Å². The zero-order valence-electron chi connectivity index (χ0n) is 11.1. The van der Waals surface area contributed by atoms with Gasteiger partial charge in [-0.05, 0) is 35.7 Å². The van der Waals surface area contributed by atoms with Crippen molar-refractivity contribution in [3.63, 3.8) is 0 Å². The fourth-order valence-corrected chi connectivity index (χ4v) is 5.17. The van der Waals surface area contributed by atoms with Gasteiger partial charge in [-0.15, -0.1) is 0 Å². The number of fused-ring (bicyclic) bond motifs is 2. The molecule has 0 saturated heterocycles. The molecule has 0 radical (unpaired) electrons. The van der Waals surface area contributed by atoms with Gasteiger partial charge in [-0.2, -0.15) is 0 Å². The zero-order valence-corrected chi connectivity index (χ0v) is 11.1. The van der Waals surface area contributed by atoms with Crippen molar-refractivity contribution >= 4 is 5.78 Å². The van der Waals surface area contributed by atoms with Crippen LogP contribution in [0.4, 0.5) is 0 Å². The molecule has 3 saturated carbocycles. The third-order valence-electron chi connectivity index (χ3n) is 5.85. The molecule has 0 aromatic carbocycles. The van der Waals surface area contributed by atoms with Crippen molar-refractivity contribution in [3.05, 3.63) is 12.2 Å². The highest BCUT2D eigenvalue weighted by molar-refractivity contribution is 5.97. The smallest absolute Gasteiger partial charge is 0.161 e. The molecule has 4 bridgehead atoms. The summed E-state index contributed by atoms with van der Waals surface area (Å²) in [6.07, 6.45) is 4.42. The lowest BCUT2D eigenvalue weighted by molar-refractivity contribution is -0.239. The summed E-state index contributed by atoms with van der Waals surface area (Å²) in [5.74, 6) is 1.77. The number of aliphatic hydroxyl groups is 1. The fourth-order valence-electron chi connectivity index (χ4n) is 5.17. The molecule has 2 nitrogen and oxygen atoms in total. The second kappa shape index (κ2) is 3.03. The zero-order chi connectivity index (χ0) is 12.6. The van der Waals surface area contributed by atoms with E-state index in [1.54, 1.807) is 6.08 Å². The van der Waals surface area contributed by atoms with E-state index in [1.807, 2.05) is 0 Å². The van der Waals surface area contributed by atoms with E-state index in [4.69, 9.17) is 0 Å². The maximum absolute atomic E-state index is 12.4. The van der Waals surface area contributed by atoms with Gasteiger partial charge in [0.2, 0.25) is 0 Å². The second-order valence-electron chi connectivity index (χ2n) is 7.16. The van der Waals surface area contributed by atoms with Crippen LogP contribution in [0.25, 0.3) is 0 Å². The molecule has 0 heterocycles. The molecule has 0 aromatic rings. The highest BCUT2D eigenvalue weighted by atomic mass is 16.3. The minimum Gasteiger partial charge on any atom is -0.393 e. The molecule has 0 aliphatic heterocycles. The van der Waals surface area contributed by atoms with Gasteiger partial charge in [0.05, 0.1) is 6.10 Å². The number of rotatable bonds is 0. The summed E-state index contributed by atoms with van der Waals surface area (Å²) in [5, 5.41) is 10.4. The van der Waals surface area contributed by atoms with Crippen molar-refractivity contribution in [2.75, 3.05) is 0 Å². The number of hydrogen-bond donors (Lipinski definition) is 1. The molecule has 4 aliphatic carbocycles. The van der Waals surface area contributed by atoms with E-state index in [2.05, 4.69) is 33.8 Å². The largest absolute Gasteiger partial charge is 0.393 e. The molecule has 0 amide bonds. The van der Waals surface area contributed by atoms with Gasteiger partial charge in [-0.1, -0.05) is 33.8 Å². The summed E-state index contributed by atoms with van der Waals surface area (Å²) in [4.78, 5) is 12.4. The van der Waals surface area contributed by atoms with Gasteiger partial charge < -0.3 is 5.11 Å². The quantitative estimate of drug-likeness (QED) is 0.699. The van der Waals surface area contributed by atoms with Crippen LogP contribution in [0.1, 0.15) is 34.1 Å². The first-order valence-electron chi connectivity index (χ1n) is 6.72. The molecule has 3 fully saturated rings. The van der Waals surface area contributed by atoms with E-state index in [-0.39, 0.29) is 28.6 Å². The standard InChI is InChI=1S/C15H22O2/c1-8-7-9(16)12-13-11(8)15(12,4)10(17)5-6-14(13,2)3/h5-6,8-9,11-13,16H,7H2,1-4H3/t8-,9+,11-,12+,13+,15+/m0/s1. The average molecular weight is 234 g/mol. The van der Waals surface area contributed by atoms with Gasteiger partial charge >= 0.3 is 0 Å². The Labute approximate surface area is 103 Å². The van der Waals surface area contributed by atoms with Gasteiger partial charge in [0, 0.05) is 11.3 Å². The van der Waals surface area contributed by atoms with Gasteiger partial charge in [0.15, 0.2) is 5.78 Å². The first-order chi connectivity index (χ1) is 7.80. The van der Waals surface area contributed by atoms with Crippen LogP contribution in [0.5, 0.6) is 0 Å². The molecule has 17 heavy (non-hydrogen) atoms. The predicted octanol–water partition coefficient (Wildman–Crippen LogP) is 2.42.